The fraction of sp³-hybridized carbons (Fsp3) is 0.600. The number of hydrogen-bond acceptors (Lipinski definition) is 3. The van der Waals surface area contributed by atoms with Crippen molar-refractivity contribution in [3.63, 3.8) is 0 Å². The van der Waals surface area contributed by atoms with Gasteiger partial charge in [0.25, 0.3) is 5.56 Å². The first-order valence-electron chi connectivity index (χ1n) is 4.71. The summed E-state index contributed by atoms with van der Waals surface area (Å²) in [5.74, 6) is 0.602. The van der Waals surface area contributed by atoms with Crippen LogP contribution in [0.2, 0.25) is 0 Å². The van der Waals surface area contributed by atoms with Gasteiger partial charge in [-0.3, -0.25) is 9.78 Å². The number of anilines is 1. The molecular formula is C10H16IN3O. The van der Waals surface area contributed by atoms with Gasteiger partial charge in [0.2, 0.25) is 5.95 Å². The first-order valence-corrected chi connectivity index (χ1v) is 5.79. The highest BCUT2D eigenvalue weighted by molar-refractivity contribution is 14.1. The normalized spacial score (nSPS) is 11.6. The van der Waals surface area contributed by atoms with Gasteiger partial charge in [0.05, 0.1) is 5.69 Å². The lowest BCUT2D eigenvalue weighted by molar-refractivity contribution is 0.561. The molecule has 4 nitrogen and oxygen atoms in total. The molecule has 0 saturated heterocycles. The minimum absolute atomic E-state index is 0.0702. The third-order valence-electron chi connectivity index (χ3n) is 1.98. The van der Waals surface area contributed by atoms with E-state index in [-0.39, 0.29) is 11.0 Å². The maximum Gasteiger partial charge on any atom is 0.266 e. The highest BCUT2D eigenvalue weighted by atomic mass is 127. The van der Waals surface area contributed by atoms with Crippen LogP contribution in [0, 0.1) is 3.57 Å². The lowest BCUT2D eigenvalue weighted by Gasteiger charge is -2.21. The molecule has 0 bridgehead atoms. The molecule has 0 fully saturated rings. The molecule has 0 radical (unpaired) electrons. The van der Waals surface area contributed by atoms with E-state index in [2.05, 4.69) is 30.7 Å². The van der Waals surface area contributed by atoms with E-state index in [1.54, 1.807) is 4.90 Å². The van der Waals surface area contributed by atoms with Crippen LogP contribution < -0.4 is 10.5 Å². The maximum atomic E-state index is 11.7. The number of rotatable bonds is 1. The van der Waals surface area contributed by atoms with E-state index in [0.29, 0.717) is 9.52 Å². The van der Waals surface area contributed by atoms with Crippen molar-refractivity contribution in [1.29, 1.82) is 0 Å². The predicted molar refractivity (Wildman–Crippen MR) is 70.6 cm³/mol. The first-order chi connectivity index (χ1) is 6.73. The van der Waals surface area contributed by atoms with Crippen LogP contribution in [0.5, 0.6) is 0 Å². The van der Waals surface area contributed by atoms with Crippen LogP contribution in [0.4, 0.5) is 5.95 Å². The Balaban J connectivity index is 3.46. The number of nitrogens with one attached hydrogen (secondary N) is 1. The Labute approximate surface area is 103 Å². The van der Waals surface area contributed by atoms with Crippen LogP contribution in [-0.2, 0) is 5.41 Å². The molecule has 1 N–H and O–H groups in total. The zero-order valence-corrected chi connectivity index (χ0v) is 11.8. The van der Waals surface area contributed by atoms with Crippen molar-refractivity contribution in [1.82, 2.24) is 9.97 Å². The van der Waals surface area contributed by atoms with E-state index in [4.69, 9.17) is 0 Å². The van der Waals surface area contributed by atoms with Gasteiger partial charge in [0, 0.05) is 19.5 Å². The van der Waals surface area contributed by atoms with E-state index in [9.17, 15) is 4.79 Å². The summed E-state index contributed by atoms with van der Waals surface area (Å²) >= 11 is 2.05. The number of aromatic nitrogens is 2. The Bertz CT molecular complexity index is 418. The van der Waals surface area contributed by atoms with Crippen LogP contribution in [0.15, 0.2) is 4.79 Å². The summed E-state index contributed by atoms with van der Waals surface area (Å²) in [5, 5.41) is 0. The van der Waals surface area contributed by atoms with Crippen LogP contribution in [-0.4, -0.2) is 24.1 Å². The molecule has 0 spiro atoms. The summed E-state index contributed by atoms with van der Waals surface area (Å²) in [6.45, 7) is 6.16. The molecule has 0 unspecified atom stereocenters. The molecule has 0 atom stereocenters. The van der Waals surface area contributed by atoms with Crippen LogP contribution in [0.3, 0.4) is 0 Å². The van der Waals surface area contributed by atoms with Gasteiger partial charge in [0.1, 0.15) is 3.57 Å². The molecule has 0 saturated carbocycles. The lowest BCUT2D eigenvalue weighted by atomic mass is 9.92. The van der Waals surface area contributed by atoms with Gasteiger partial charge in [-0.05, 0) is 22.6 Å². The zero-order valence-electron chi connectivity index (χ0n) is 9.68. The molecule has 0 aromatic carbocycles. The zero-order chi connectivity index (χ0) is 11.8. The maximum absolute atomic E-state index is 11.7. The van der Waals surface area contributed by atoms with Gasteiger partial charge in [-0.15, -0.1) is 0 Å². The van der Waals surface area contributed by atoms with Gasteiger partial charge in [-0.25, -0.2) is 4.98 Å². The molecule has 0 aliphatic heterocycles. The molecule has 1 rings (SSSR count). The quantitative estimate of drug-likeness (QED) is 0.802. The highest BCUT2D eigenvalue weighted by Crippen LogP contribution is 2.23. The molecule has 1 heterocycles. The minimum Gasteiger partial charge on any atom is -0.348 e. The molecule has 0 aliphatic carbocycles. The van der Waals surface area contributed by atoms with Gasteiger partial charge < -0.3 is 4.90 Å². The monoisotopic (exact) mass is 321 g/mol. The summed E-state index contributed by atoms with van der Waals surface area (Å²) in [4.78, 5) is 20.7. The Kier molecular flexibility index (Phi) is 3.42. The van der Waals surface area contributed by atoms with Crippen molar-refractivity contribution in [2.45, 2.75) is 26.2 Å². The smallest absolute Gasteiger partial charge is 0.266 e. The fourth-order valence-electron chi connectivity index (χ4n) is 1.16. The molecular weight excluding hydrogens is 305 g/mol. The largest absolute Gasteiger partial charge is 0.348 e. The van der Waals surface area contributed by atoms with Gasteiger partial charge in [-0.2, -0.15) is 0 Å². The summed E-state index contributed by atoms with van der Waals surface area (Å²) in [5.41, 5.74) is 0.657. The molecule has 5 heteroatoms. The molecule has 0 aliphatic rings. The Morgan fingerprint density at radius 1 is 1.33 bits per heavy atom. The second kappa shape index (κ2) is 4.11. The SMILES string of the molecule is CN(C)c1nc(C(C)(C)C)c(I)c(=O)[nH]1. The molecule has 1 aromatic heterocycles. The van der Waals surface area contributed by atoms with Crippen molar-refractivity contribution in [3.05, 3.63) is 19.6 Å². The number of hydrogen-bond donors (Lipinski definition) is 1. The fourth-order valence-corrected chi connectivity index (χ4v) is 2.22. The Hall–Kier alpha value is -0.590. The number of aromatic amines is 1. The van der Waals surface area contributed by atoms with Crippen molar-refractivity contribution in [2.24, 2.45) is 0 Å². The summed E-state index contributed by atoms with van der Waals surface area (Å²) in [6.07, 6.45) is 0. The lowest BCUT2D eigenvalue weighted by Crippen LogP contribution is -2.27. The first kappa shape index (κ1) is 12.5. The molecule has 84 valence electrons. The van der Waals surface area contributed by atoms with Crippen molar-refractivity contribution < 1.29 is 0 Å². The summed E-state index contributed by atoms with van der Waals surface area (Å²) in [7, 11) is 3.72. The Morgan fingerprint density at radius 2 is 1.87 bits per heavy atom. The molecule has 15 heavy (non-hydrogen) atoms. The van der Waals surface area contributed by atoms with Gasteiger partial charge >= 0.3 is 0 Å². The van der Waals surface area contributed by atoms with E-state index < -0.39 is 0 Å². The third-order valence-corrected chi connectivity index (χ3v) is 2.99. The standard InChI is InChI=1S/C10H16IN3O/c1-10(2,3)7-6(11)8(15)13-9(12-7)14(4)5/h1-5H3,(H,12,13,15). The number of nitrogens with zero attached hydrogens (tertiary/aromatic N) is 2. The highest BCUT2D eigenvalue weighted by Gasteiger charge is 2.22. The average Bonchev–Trinajstić information content (AvgIpc) is 2.06. The molecule has 0 amide bonds. The van der Waals surface area contributed by atoms with Crippen molar-refractivity contribution in [2.75, 3.05) is 19.0 Å². The van der Waals surface area contributed by atoms with Crippen LogP contribution >= 0.6 is 22.6 Å². The summed E-state index contributed by atoms with van der Waals surface area (Å²) in [6, 6.07) is 0. The van der Waals surface area contributed by atoms with E-state index in [1.165, 1.54) is 0 Å². The van der Waals surface area contributed by atoms with Crippen LogP contribution in [0.25, 0.3) is 0 Å². The number of H-pyrrole nitrogens is 1. The number of halogens is 1. The second-order valence-electron chi connectivity index (χ2n) is 4.70. The van der Waals surface area contributed by atoms with Crippen LogP contribution in [0.1, 0.15) is 26.5 Å². The Morgan fingerprint density at radius 3 is 2.27 bits per heavy atom. The topological polar surface area (TPSA) is 49.0 Å². The van der Waals surface area contributed by atoms with E-state index in [0.717, 1.165) is 5.69 Å². The minimum atomic E-state index is -0.116. The summed E-state index contributed by atoms with van der Waals surface area (Å²) < 4.78 is 0.672. The predicted octanol–water partition coefficient (Wildman–Crippen LogP) is 1.74. The molecule has 1 aromatic rings. The van der Waals surface area contributed by atoms with Crippen molar-refractivity contribution in [3.8, 4) is 0 Å². The third kappa shape index (κ3) is 2.70. The van der Waals surface area contributed by atoms with E-state index >= 15 is 0 Å². The van der Waals surface area contributed by atoms with Crippen molar-refractivity contribution >= 4 is 28.5 Å². The van der Waals surface area contributed by atoms with E-state index in [1.807, 2.05) is 36.7 Å². The van der Waals surface area contributed by atoms with Gasteiger partial charge in [-0.1, -0.05) is 20.8 Å². The van der Waals surface area contributed by atoms with Gasteiger partial charge in [0.15, 0.2) is 0 Å². The average molecular weight is 321 g/mol. The second-order valence-corrected chi connectivity index (χ2v) is 5.78.